The number of carboxylic acids is 1. The Labute approximate surface area is 106 Å². The summed E-state index contributed by atoms with van der Waals surface area (Å²) < 4.78 is 27.7. The highest BCUT2D eigenvalue weighted by Crippen LogP contribution is 2.40. The minimum absolute atomic E-state index is 0.0291. The van der Waals surface area contributed by atoms with Crippen molar-refractivity contribution in [1.82, 2.24) is 0 Å². The number of hydrogen-bond acceptors (Lipinski definition) is 5. The maximum absolute atomic E-state index is 11.9. The summed E-state index contributed by atoms with van der Waals surface area (Å²) >= 11 is 0. The van der Waals surface area contributed by atoms with E-state index in [4.69, 9.17) is 4.74 Å². The summed E-state index contributed by atoms with van der Waals surface area (Å²) in [4.78, 5) is 23.4. The number of carbonyl (C=O) groups is 2. The van der Waals surface area contributed by atoms with Gasteiger partial charge >= 0.3 is 11.9 Å². The number of aliphatic carboxylic acids is 1. The van der Waals surface area contributed by atoms with E-state index in [1.165, 1.54) is 0 Å². The first-order valence-electron chi connectivity index (χ1n) is 5.91. The molecule has 7 heteroatoms. The summed E-state index contributed by atoms with van der Waals surface area (Å²) in [5.74, 6) is -3.16. The lowest BCUT2D eigenvalue weighted by Crippen LogP contribution is -2.47. The lowest BCUT2D eigenvalue weighted by molar-refractivity contribution is -0.173. The van der Waals surface area contributed by atoms with Crippen LogP contribution in [0.4, 0.5) is 0 Å². The molecule has 2 unspecified atom stereocenters. The van der Waals surface area contributed by atoms with Gasteiger partial charge in [0.25, 0.3) is 0 Å². The summed E-state index contributed by atoms with van der Waals surface area (Å²) in [5.41, 5.74) is -1.74. The van der Waals surface area contributed by atoms with Crippen molar-refractivity contribution in [2.45, 2.75) is 26.7 Å². The Kier molecular flexibility index (Phi) is 4.37. The molecule has 0 saturated carbocycles. The molecule has 0 aromatic carbocycles. The van der Waals surface area contributed by atoms with Crippen LogP contribution < -0.4 is 0 Å². The van der Waals surface area contributed by atoms with E-state index >= 15 is 0 Å². The predicted octanol–water partition coefficient (Wildman–Crippen LogP) is 0.465. The van der Waals surface area contributed by atoms with Crippen LogP contribution in [0.15, 0.2) is 0 Å². The van der Waals surface area contributed by atoms with E-state index in [0.717, 1.165) is 0 Å². The van der Waals surface area contributed by atoms with Crippen LogP contribution in [-0.2, 0) is 24.2 Å². The Morgan fingerprint density at radius 1 is 1.39 bits per heavy atom. The van der Waals surface area contributed by atoms with Gasteiger partial charge in [-0.25, -0.2) is 8.42 Å². The van der Waals surface area contributed by atoms with Crippen LogP contribution >= 0.6 is 0 Å². The van der Waals surface area contributed by atoms with E-state index in [1.807, 2.05) is 0 Å². The summed E-state index contributed by atoms with van der Waals surface area (Å²) in [6.45, 7) is 3.23. The van der Waals surface area contributed by atoms with Crippen LogP contribution in [-0.4, -0.2) is 43.6 Å². The summed E-state index contributed by atoms with van der Waals surface area (Å²) in [5, 5.41) is 9.36. The molecule has 6 nitrogen and oxygen atoms in total. The molecular formula is C11H18O6S. The number of rotatable bonds is 5. The Morgan fingerprint density at radius 3 is 2.33 bits per heavy atom. The van der Waals surface area contributed by atoms with Gasteiger partial charge in [0.05, 0.1) is 18.1 Å². The van der Waals surface area contributed by atoms with Gasteiger partial charge in [-0.3, -0.25) is 9.59 Å². The molecule has 0 spiro atoms. The number of carboxylic acid groups (broad SMARTS) is 1. The fraction of sp³-hybridized carbons (Fsp3) is 0.818. The minimum atomic E-state index is -3.24. The van der Waals surface area contributed by atoms with E-state index < -0.39 is 33.1 Å². The second kappa shape index (κ2) is 5.26. The molecule has 1 heterocycles. The molecule has 1 aliphatic heterocycles. The van der Waals surface area contributed by atoms with Crippen molar-refractivity contribution in [2.75, 3.05) is 18.1 Å². The summed E-state index contributed by atoms with van der Waals surface area (Å²) in [7, 11) is -3.24. The molecule has 1 aliphatic rings. The predicted molar refractivity (Wildman–Crippen MR) is 63.8 cm³/mol. The molecule has 1 saturated heterocycles. The highest BCUT2D eigenvalue weighted by Gasteiger charge is 2.55. The van der Waals surface area contributed by atoms with Gasteiger partial charge in [0.15, 0.2) is 15.3 Å². The van der Waals surface area contributed by atoms with Gasteiger partial charge < -0.3 is 9.84 Å². The van der Waals surface area contributed by atoms with Crippen LogP contribution in [0, 0.1) is 11.3 Å². The van der Waals surface area contributed by atoms with E-state index in [9.17, 15) is 23.1 Å². The fourth-order valence-electron chi connectivity index (χ4n) is 2.46. The number of carbonyl (C=O) groups excluding carboxylic acids is 1. The standard InChI is InChI=1S/C11H18O6S/c1-3-11(9(12)13,10(14)17-4-2)8-5-6-18(15,16)7-8/h8H,3-7H2,1-2H3,(H,12,13). The van der Waals surface area contributed by atoms with Crippen LogP contribution in [0.3, 0.4) is 0 Å². The first-order chi connectivity index (χ1) is 8.30. The molecule has 0 aromatic rings. The molecular weight excluding hydrogens is 260 g/mol. The van der Waals surface area contributed by atoms with Gasteiger partial charge in [0.2, 0.25) is 0 Å². The van der Waals surface area contributed by atoms with E-state index in [-0.39, 0.29) is 31.0 Å². The summed E-state index contributed by atoms with van der Waals surface area (Å²) in [6, 6.07) is 0. The quantitative estimate of drug-likeness (QED) is 0.579. The third-order valence-corrected chi connectivity index (χ3v) is 5.28. The number of ether oxygens (including phenoxy) is 1. The van der Waals surface area contributed by atoms with E-state index in [2.05, 4.69) is 0 Å². The zero-order valence-corrected chi connectivity index (χ0v) is 11.3. The van der Waals surface area contributed by atoms with Crippen LogP contribution in [0.5, 0.6) is 0 Å². The van der Waals surface area contributed by atoms with Gasteiger partial charge in [-0.1, -0.05) is 6.92 Å². The Morgan fingerprint density at radius 2 is 2.00 bits per heavy atom. The molecule has 18 heavy (non-hydrogen) atoms. The van der Waals surface area contributed by atoms with Crippen molar-refractivity contribution in [1.29, 1.82) is 0 Å². The second-order valence-corrected chi connectivity index (χ2v) is 6.68. The molecule has 1 rings (SSSR count). The first kappa shape index (κ1) is 14.9. The largest absolute Gasteiger partial charge is 0.480 e. The summed E-state index contributed by atoms with van der Waals surface area (Å²) in [6.07, 6.45) is 0.225. The number of sulfone groups is 1. The zero-order valence-electron chi connectivity index (χ0n) is 10.5. The van der Waals surface area contributed by atoms with Gasteiger partial charge in [-0.15, -0.1) is 0 Å². The Balaban J connectivity index is 3.13. The topological polar surface area (TPSA) is 97.7 Å². The van der Waals surface area contributed by atoms with Gasteiger partial charge in [-0.05, 0) is 19.8 Å². The lowest BCUT2D eigenvalue weighted by Gasteiger charge is -2.30. The average Bonchev–Trinajstić information content (AvgIpc) is 2.61. The average molecular weight is 278 g/mol. The number of hydrogen-bond donors (Lipinski definition) is 1. The highest BCUT2D eigenvalue weighted by molar-refractivity contribution is 7.91. The molecule has 0 bridgehead atoms. The van der Waals surface area contributed by atoms with Crippen molar-refractivity contribution in [3.05, 3.63) is 0 Å². The Hall–Kier alpha value is -1.11. The molecule has 0 amide bonds. The fourth-order valence-corrected chi connectivity index (χ4v) is 4.33. The van der Waals surface area contributed by atoms with E-state index in [1.54, 1.807) is 13.8 Å². The second-order valence-electron chi connectivity index (χ2n) is 4.45. The molecule has 0 aromatic heterocycles. The van der Waals surface area contributed by atoms with Crippen LogP contribution in [0.1, 0.15) is 26.7 Å². The van der Waals surface area contributed by atoms with Gasteiger partial charge in [0, 0.05) is 5.92 Å². The monoisotopic (exact) mass is 278 g/mol. The third-order valence-electron chi connectivity index (χ3n) is 3.51. The molecule has 0 radical (unpaired) electrons. The highest BCUT2D eigenvalue weighted by atomic mass is 32.2. The molecule has 0 aliphatic carbocycles. The first-order valence-corrected chi connectivity index (χ1v) is 7.73. The van der Waals surface area contributed by atoms with E-state index in [0.29, 0.717) is 0 Å². The maximum Gasteiger partial charge on any atom is 0.323 e. The smallest absolute Gasteiger partial charge is 0.323 e. The molecule has 104 valence electrons. The SMILES string of the molecule is CCOC(=O)C(CC)(C(=O)O)C1CCS(=O)(=O)C1. The molecule has 1 N–H and O–H groups in total. The van der Waals surface area contributed by atoms with Crippen molar-refractivity contribution >= 4 is 21.8 Å². The Bertz CT molecular complexity index is 440. The maximum atomic E-state index is 11.9. The van der Waals surface area contributed by atoms with Gasteiger partial charge in [0.1, 0.15) is 0 Å². The zero-order chi connectivity index (χ0) is 14.0. The number of esters is 1. The van der Waals surface area contributed by atoms with Gasteiger partial charge in [-0.2, -0.15) is 0 Å². The van der Waals surface area contributed by atoms with Crippen molar-refractivity contribution in [3.8, 4) is 0 Å². The third kappa shape index (κ3) is 2.50. The lowest BCUT2D eigenvalue weighted by atomic mass is 9.73. The van der Waals surface area contributed by atoms with Crippen molar-refractivity contribution in [3.63, 3.8) is 0 Å². The molecule has 2 atom stereocenters. The van der Waals surface area contributed by atoms with Crippen LogP contribution in [0.25, 0.3) is 0 Å². The van der Waals surface area contributed by atoms with Crippen molar-refractivity contribution < 1.29 is 27.9 Å². The minimum Gasteiger partial charge on any atom is -0.480 e. The van der Waals surface area contributed by atoms with Crippen LogP contribution in [0.2, 0.25) is 0 Å². The normalized spacial score (nSPS) is 25.3. The van der Waals surface area contributed by atoms with Crippen molar-refractivity contribution in [2.24, 2.45) is 11.3 Å². The molecule has 1 fully saturated rings.